The van der Waals surface area contributed by atoms with Crippen LogP contribution in [0.4, 0.5) is 5.69 Å². The molecule has 0 aliphatic heterocycles. The van der Waals surface area contributed by atoms with Crippen LogP contribution >= 0.6 is 0 Å². The maximum atomic E-state index is 13.0. The van der Waals surface area contributed by atoms with Crippen LogP contribution in [0.2, 0.25) is 0 Å². The Morgan fingerprint density at radius 3 is 2.68 bits per heavy atom. The van der Waals surface area contributed by atoms with Gasteiger partial charge in [0.15, 0.2) is 0 Å². The Hall–Kier alpha value is -4.53. The maximum Gasteiger partial charge on any atom is 0.280 e. The number of carbonyl (C=O) groups excluding carboxylic acids is 1. The van der Waals surface area contributed by atoms with Crippen LogP contribution in [-0.2, 0) is 0 Å². The van der Waals surface area contributed by atoms with E-state index in [2.05, 4.69) is 15.6 Å². The molecule has 0 aliphatic rings. The van der Waals surface area contributed by atoms with Gasteiger partial charge < -0.3 is 0 Å². The summed E-state index contributed by atoms with van der Waals surface area (Å²) < 4.78 is 1.43. The summed E-state index contributed by atoms with van der Waals surface area (Å²) in [7, 11) is 0. The second kappa shape index (κ2) is 8.07. The molecule has 9 nitrogen and oxygen atoms in total. The number of hydrogen-bond donors (Lipinski definition) is 2. The van der Waals surface area contributed by atoms with Crippen molar-refractivity contribution in [2.75, 3.05) is 0 Å². The first-order valence-electron chi connectivity index (χ1n) is 9.33. The van der Waals surface area contributed by atoms with Crippen LogP contribution in [0.3, 0.4) is 0 Å². The fourth-order valence-corrected chi connectivity index (χ4v) is 3.27. The molecule has 31 heavy (non-hydrogen) atoms. The molecule has 0 unspecified atom stereocenters. The van der Waals surface area contributed by atoms with Crippen LogP contribution < -0.4 is 11.0 Å². The fraction of sp³-hybridized carbons (Fsp3) is 0.0455. The number of nitrogens with one attached hydrogen (secondary N) is 2. The molecule has 2 N–H and O–H groups in total. The summed E-state index contributed by atoms with van der Waals surface area (Å²) in [5.74, 6) is -0.623. The zero-order valence-electron chi connectivity index (χ0n) is 16.4. The number of nitrogens with zero attached hydrogens (tertiary/aromatic N) is 3. The van der Waals surface area contributed by atoms with Crippen molar-refractivity contribution in [3.05, 3.63) is 104 Å². The van der Waals surface area contributed by atoms with E-state index in [0.29, 0.717) is 11.4 Å². The van der Waals surface area contributed by atoms with Crippen molar-refractivity contribution in [1.29, 1.82) is 0 Å². The third-order valence-corrected chi connectivity index (χ3v) is 4.80. The molecular formula is C22H17N5O4. The first kappa shape index (κ1) is 19.8. The van der Waals surface area contributed by atoms with Crippen LogP contribution in [0.15, 0.2) is 76.6 Å². The van der Waals surface area contributed by atoms with Crippen molar-refractivity contribution in [3.8, 4) is 5.69 Å². The second-order valence-electron chi connectivity index (χ2n) is 6.80. The molecule has 0 spiro atoms. The summed E-state index contributed by atoms with van der Waals surface area (Å²) in [6, 6.07) is 18.7. The smallest absolute Gasteiger partial charge is 0.280 e. The van der Waals surface area contributed by atoms with Gasteiger partial charge in [0.2, 0.25) is 0 Å². The molecule has 1 amide bonds. The highest BCUT2D eigenvalue weighted by atomic mass is 16.6. The average molecular weight is 415 g/mol. The van der Waals surface area contributed by atoms with Gasteiger partial charge in [0, 0.05) is 28.8 Å². The number of H-pyrrole nitrogens is 1. The van der Waals surface area contributed by atoms with Crippen LogP contribution in [0.5, 0.6) is 0 Å². The van der Waals surface area contributed by atoms with Crippen LogP contribution in [0.1, 0.15) is 21.6 Å². The standard InChI is InChI=1S/C22H17N5O4/c1-14-19(13-23-24-21(28)16-8-4-9-17(12-16)27(30)31)22(29)26(25-14)20-11-5-7-15-6-2-3-10-18(15)20/h2-13,25H,1H3,(H,24,28)/b23-13+. The SMILES string of the molecule is Cc1[nH]n(-c2cccc3ccccc23)c(=O)c1/C=N/NC(=O)c1cccc([N+](=O)[O-])c1. The van der Waals surface area contributed by atoms with E-state index in [9.17, 15) is 19.7 Å². The summed E-state index contributed by atoms with van der Waals surface area (Å²) in [6.45, 7) is 1.73. The molecule has 1 heterocycles. The molecule has 154 valence electrons. The minimum atomic E-state index is -0.623. The number of benzene rings is 3. The van der Waals surface area contributed by atoms with Gasteiger partial charge in [-0.15, -0.1) is 0 Å². The highest BCUT2D eigenvalue weighted by molar-refractivity contribution is 5.95. The zero-order valence-corrected chi connectivity index (χ0v) is 16.4. The van der Waals surface area contributed by atoms with Gasteiger partial charge in [-0.1, -0.05) is 42.5 Å². The van der Waals surface area contributed by atoms with Gasteiger partial charge in [0.05, 0.1) is 22.4 Å². The van der Waals surface area contributed by atoms with Gasteiger partial charge in [0.1, 0.15) is 0 Å². The Balaban J connectivity index is 1.60. The fourth-order valence-electron chi connectivity index (χ4n) is 3.27. The van der Waals surface area contributed by atoms with Crippen molar-refractivity contribution in [2.45, 2.75) is 6.92 Å². The second-order valence-corrected chi connectivity index (χ2v) is 6.80. The number of nitro groups is 1. The molecule has 0 saturated heterocycles. The van der Waals surface area contributed by atoms with E-state index in [1.807, 2.05) is 42.5 Å². The quantitative estimate of drug-likeness (QED) is 0.295. The van der Waals surface area contributed by atoms with Crippen LogP contribution in [-0.4, -0.2) is 26.8 Å². The maximum absolute atomic E-state index is 13.0. The summed E-state index contributed by atoms with van der Waals surface area (Å²) in [6.07, 6.45) is 1.26. The van der Waals surface area contributed by atoms with Gasteiger partial charge in [-0.2, -0.15) is 5.10 Å². The van der Waals surface area contributed by atoms with E-state index in [1.54, 1.807) is 6.92 Å². The number of aromatic amines is 1. The lowest BCUT2D eigenvalue weighted by Gasteiger charge is -2.06. The van der Waals surface area contributed by atoms with Crippen molar-refractivity contribution in [3.63, 3.8) is 0 Å². The molecule has 9 heteroatoms. The molecule has 4 aromatic rings. The molecule has 0 saturated carbocycles. The van der Waals surface area contributed by atoms with Crippen molar-refractivity contribution in [2.24, 2.45) is 5.10 Å². The van der Waals surface area contributed by atoms with Crippen LogP contribution in [0, 0.1) is 17.0 Å². The molecule has 4 rings (SSSR count). The van der Waals surface area contributed by atoms with E-state index in [1.165, 1.54) is 29.1 Å². The zero-order chi connectivity index (χ0) is 22.0. The summed E-state index contributed by atoms with van der Waals surface area (Å²) in [5.41, 5.74) is 3.43. The highest BCUT2D eigenvalue weighted by Gasteiger charge is 2.14. The molecule has 0 atom stereocenters. The molecular weight excluding hydrogens is 398 g/mol. The Kier molecular flexibility index (Phi) is 5.15. The molecule has 0 bridgehead atoms. The lowest BCUT2D eigenvalue weighted by Crippen LogP contribution is -2.20. The average Bonchev–Trinajstić information content (AvgIpc) is 3.06. The first-order valence-corrected chi connectivity index (χ1v) is 9.33. The van der Waals surface area contributed by atoms with E-state index < -0.39 is 10.8 Å². The Morgan fingerprint density at radius 2 is 1.87 bits per heavy atom. The monoisotopic (exact) mass is 415 g/mol. The number of fused-ring (bicyclic) bond motifs is 1. The molecule has 0 aliphatic carbocycles. The van der Waals surface area contributed by atoms with Crippen molar-refractivity contribution >= 4 is 28.6 Å². The first-order chi connectivity index (χ1) is 15.0. The summed E-state index contributed by atoms with van der Waals surface area (Å²) in [4.78, 5) is 35.4. The predicted octanol–water partition coefficient (Wildman–Crippen LogP) is 3.30. The van der Waals surface area contributed by atoms with Crippen molar-refractivity contribution < 1.29 is 9.72 Å². The number of rotatable bonds is 5. The molecule has 0 radical (unpaired) electrons. The number of nitro benzene ring substituents is 1. The summed E-state index contributed by atoms with van der Waals surface area (Å²) in [5, 5.41) is 19.7. The highest BCUT2D eigenvalue weighted by Crippen LogP contribution is 2.21. The third-order valence-electron chi connectivity index (χ3n) is 4.80. The van der Waals surface area contributed by atoms with Gasteiger partial charge in [-0.25, -0.2) is 10.1 Å². The molecule has 1 aromatic heterocycles. The Morgan fingerprint density at radius 1 is 1.13 bits per heavy atom. The van der Waals surface area contributed by atoms with Gasteiger partial charge in [0.25, 0.3) is 17.2 Å². The number of aromatic nitrogens is 2. The number of hydrogen-bond acceptors (Lipinski definition) is 5. The number of non-ortho nitro benzene ring substituents is 1. The van der Waals surface area contributed by atoms with Crippen molar-refractivity contribution in [1.82, 2.24) is 15.2 Å². The third kappa shape index (κ3) is 3.84. The van der Waals surface area contributed by atoms with Gasteiger partial charge >= 0.3 is 0 Å². The number of aryl methyl sites for hydroxylation is 1. The van der Waals surface area contributed by atoms with E-state index in [0.717, 1.165) is 16.8 Å². The minimum Gasteiger partial charge on any atom is -0.295 e. The molecule has 3 aromatic carbocycles. The van der Waals surface area contributed by atoms with Crippen LogP contribution in [0.25, 0.3) is 16.5 Å². The van der Waals surface area contributed by atoms with E-state index in [4.69, 9.17) is 0 Å². The van der Waals surface area contributed by atoms with E-state index in [-0.39, 0.29) is 22.4 Å². The largest absolute Gasteiger partial charge is 0.295 e. The topological polar surface area (TPSA) is 122 Å². The number of carbonyl (C=O) groups is 1. The lowest BCUT2D eigenvalue weighted by molar-refractivity contribution is -0.384. The number of amides is 1. The summed E-state index contributed by atoms with van der Waals surface area (Å²) >= 11 is 0. The number of hydrazone groups is 1. The Bertz CT molecular complexity index is 1400. The van der Waals surface area contributed by atoms with Gasteiger partial charge in [-0.3, -0.25) is 24.8 Å². The molecule has 0 fully saturated rings. The minimum absolute atomic E-state index is 0.0882. The van der Waals surface area contributed by atoms with Gasteiger partial charge in [-0.05, 0) is 24.4 Å². The lowest BCUT2D eigenvalue weighted by atomic mass is 10.1. The predicted molar refractivity (Wildman–Crippen MR) is 117 cm³/mol. The Labute approximate surface area is 175 Å². The normalized spacial score (nSPS) is 11.1. The van der Waals surface area contributed by atoms with E-state index >= 15 is 0 Å².